The molecular formula is C30H41ClN2O4. The van der Waals surface area contributed by atoms with Crippen LogP contribution in [0.3, 0.4) is 0 Å². The molecule has 3 aromatic carbocycles. The number of aliphatic hydroxyl groups is 1. The van der Waals surface area contributed by atoms with Crippen LogP contribution in [0.1, 0.15) is 29.5 Å². The monoisotopic (exact) mass is 528 g/mol. The van der Waals surface area contributed by atoms with Crippen LogP contribution in [-0.4, -0.2) is 70.5 Å². The van der Waals surface area contributed by atoms with Crippen LogP contribution >= 0.6 is 11.6 Å². The van der Waals surface area contributed by atoms with Gasteiger partial charge in [-0.15, -0.1) is 11.6 Å². The van der Waals surface area contributed by atoms with Crippen LogP contribution in [0.25, 0.3) is 0 Å². The van der Waals surface area contributed by atoms with Gasteiger partial charge in [-0.05, 0) is 111 Å². The molecule has 202 valence electrons. The first-order valence-electron chi connectivity index (χ1n) is 12.9. The number of hydrogen-bond acceptors (Lipinski definition) is 6. The summed E-state index contributed by atoms with van der Waals surface area (Å²) in [4.78, 5) is 2.45. The minimum atomic E-state index is 0.158. The Morgan fingerprint density at radius 3 is 1.30 bits per heavy atom. The van der Waals surface area contributed by atoms with Gasteiger partial charge in [0.15, 0.2) is 0 Å². The number of rotatable bonds is 7. The molecule has 3 aromatic rings. The number of nitrogens with one attached hydrogen (secondary N) is 1. The van der Waals surface area contributed by atoms with Crippen LogP contribution in [0.2, 0.25) is 0 Å². The number of nitrogens with zero attached hydrogens (tertiary/aromatic N) is 1. The summed E-state index contributed by atoms with van der Waals surface area (Å²) in [5.74, 6) is 1.55. The molecule has 0 amide bonds. The van der Waals surface area contributed by atoms with Crippen molar-refractivity contribution >= 4 is 11.6 Å². The minimum absolute atomic E-state index is 0.158. The van der Waals surface area contributed by atoms with Crippen molar-refractivity contribution in [2.75, 3.05) is 45.2 Å². The Bertz CT molecular complexity index is 907. The molecule has 2 heterocycles. The molecule has 0 radical (unpaired) electrons. The molecule has 2 fully saturated rings. The van der Waals surface area contributed by atoms with Crippen LogP contribution in [0.4, 0.5) is 0 Å². The van der Waals surface area contributed by atoms with E-state index in [-0.39, 0.29) is 12.4 Å². The Labute approximate surface area is 226 Å². The molecule has 5 N–H and O–H groups in total. The second-order valence-electron chi connectivity index (χ2n) is 8.96. The number of hydrogen-bond donors (Lipinski definition) is 5. The highest BCUT2D eigenvalue weighted by Crippen LogP contribution is 2.13. The van der Waals surface area contributed by atoms with Crippen molar-refractivity contribution in [3.8, 4) is 17.2 Å². The number of phenolic OH excluding ortho intramolecular Hbond substituents is 3. The van der Waals surface area contributed by atoms with Crippen molar-refractivity contribution in [1.82, 2.24) is 10.2 Å². The van der Waals surface area contributed by atoms with Gasteiger partial charge in [0.05, 0.1) is 0 Å². The number of likely N-dealkylation sites (tertiary alicyclic amines) is 1. The lowest BCUT2D eigenvalue weighted by atomic mass is 10.1. The fourth-order valence-electron chi connectivity index (χ4n) is 3.30. The van der Waals surface area contributed by atoms with Crippen molar-refractivity contribution in [2.24, 2.45) is 0 Å². The molecule has 7 heteroatoms. The van der Waals surface area contributed by atoms with Gasteiger partial charge in [0.25, 0.3) is 0 Å². The lowest BCUT2D eigenvalue weighted by molar-refractivity contribution is 0.184. The van der Waals surface area contributed by atoms with E-state index in [4.69, 9.17) is 32.0 Å². The average Bonchev–Trinajstić information content (AvgIpc) is 2.83. The number of alkyl halides is 1. The van der Waals surface area contributed by atoms with Crippen molar-refractivity contribution in [1.29, 1.82) is 0 Å². The highest BCUT2D eigenvalue weighted by Gasteiger charge is 2.12. The number of aryl methyl sites for hydroxylation is 1. The first-order valence-corrected chi connectivity index (χ1v) is 13.5. The van der Waals surface area contributed by atoms with Crippen molar-refractivity contribution in [3.63, 3.8) is 0 Å². The number of benzene rings is 3. The predicted molar refractivity (Wildman–Crippen MR) is 152 cm³/mol. The summed E-state index contributed by atoms with van der Waals surface area (Å²) in [6.45, 7) is 6.34. The van der Waals surface area contributed by atoms with E-state index < -0.39 is 0 Å². The van der Waals surface area contributed by atoms with E-state index in [2.05, 4.69) is 10.2 Å². The van der Waals surface area contributed by atoms with Gasteiger partial charge in [0.1, 0.15) is 17.2 Å². The van der Waals surface area contributed by atoms with Gasteiger partial charge in [-0.25, -0.2) is 0 Å². The summed E-state index contributed by atoms with van der Waals surface area (Å²) < 4.78 is 0. The van der Waals surface area contributed by atoms with Crippen LogP contribution in [-0.2, 0) is 19.3 Å². The van der Waals surface area contributed by atoms with Gasteiger partial charge < -0.3 is 30.6 Å². The van der Waals surface area contributed by atoms with E-state index in [1.807, 2.05) is 24.3 Å². The Hall–Kier alpha value is -2.77. The standard InChI is InChI=1S/C11H15NO.C8H9ClO.C8H10O2.C3H7N/c13-11-4-2-10(3-5-11)6-9-12-7-1-8-12;2*9-6-5-7-1-3-8(10)4-2-7;1-2-4-3-1/h2-5,13H,1,6-9H2;1-4,10H,5-6H2;1-4,9-10H,5-6H2;4H,1-3H2. The summed E-state index contributed by atoms with van der Waals surface area (Å²) in [6.07, 6.45) is 5.36. The van der Waals surface area contributed by atoms with Crippen LogP contribution in [0.5, 0.6) is 17.2 Å². The van der Waals surface area contributed by atoms with Crippen molar-refractivity contribution in [2.45, 2.75) is 32.1 Å². The van der Waals surface area contributed by atoms with E-state index in [1.54, 1.807) is 48.5 Å². The van der Waals surface area contributed by atoms with Gasteiger partial charge in [-0.2, -0.15) is 0 Å². The normalized spacial score (nSPS) is 13.8. The molecule has 2 aliphatic heterocycles. The molecule has 37 heavy (non-hydrogen) atoms. The zero-order chi connectivity index (χ0) is 26.7. The van der Waals surface area contributed by atoms with E-state index in [0.29, 0.717) is 23.8 Å². The minimum Gasteiger partial charge on any atom is -0.508 e. The molecule has 0 atom stereocenters. The zero-order valence-corrected chi connectivity index (χ0v) is 22.3. The molecule has 2 aliphatic rings. The number of halogens is 1. The van der Waals surface area contributed by atoms with Crippen LogP contribution in [0, 0.1) is 0 Å². The third kappa shape index (κ3) is 13.9. The summed E-state index contributed by atoms with van der Waals surface area (Å²) in [6, 6.07) is 21.4. The van der Waals surface area contributed by atoms with E-state index in [0.717, 1.165) is 30.5 Å². The molecule has 0 aromatic heterocycles. The Kier molecular flexibility index (Phi) is 15.2. The molecular weight excluding hydrogens is 488 g/mol. The van der Waals surface area contributed by atoms with Crippen LogP contribution < -0.4 is 5.32 Å². The lowest BCUT2D eigenvalue weighted by Gasteiger charge is -2.30. The predicted octanol–water partition coefficient (Wildman–Crippen LogP) is 4.72. The average molecular weight is 529 g/mol. The smallest absolute Gasteiger partial charge is 0.115 e. The molecule has 5 rings (SSSR count). The SMILES string of the molecule is C1CNC1.OCCc1ccc(O)cc1.Oc1ccc(CCCl)cc1.Oc1ccc(CCN2CCC2)cc1. The third-order valence-electron chi connectivity index (χ3n) is 5.97. The van der Waals surface area contributed by atoms with Gasteiger partial charge in [0.2, 0.25) is 0 Å². The first-order chi connectivity index (χ1) is 18.0. The molecule has 6 nitrogen and oxygen atoms in total. The first kappa shape index (κ1) is 30.5. The van der Waals surface area contributed by atoms with Crippen molar-refractivity contribution in [3.05, 3.63) is 89.5 Å². The molecule has 0 unspecified atom stereocenters. The molecule has 0 spiro atoms. The highest BCUT2D eigenvalue weighted by molar-refractivity contribution is 6.17. The Morgan fingerprint density at radius 1 is 0.622 bits per heavy atom. The number of phenols is 3. The Balaban J connectivity index is 0.000000183. The largest absolute Gasteiger partial charge is 0.508 e. The fourth-order valence-corrected chi connectivity index (χ4v) is 3.51. The summed E-state index contributed by atoms with van der Waals surface area (Å²) in [5, 5.41) is 38.5. The zero-order valence-electron chi connectivity index (χ0n) is 21.5. The van der Waals surface area contributed by atoms with E-state index in [9.17, 15) is 0 Å². The molecule has 0 aliphatic carbocycles. The number of aromatic hydroxyl groups is 3. The van der Waals surface area contributed by atoms with Crippen LogP contribution in [0.15, 0.2) is 72.8 Å². The van der Waals surface area contributed by atoms with Gasteiger partial charge in [0, 0.05) is 19.0 Å². The third-order valence-corrected chi connectivity index (χ3v) is 6.15. The fraction of sp³-hybridized carbons (Fsp3) is 0.400. The van der Waals surface area contributed by atoms with Gasteiger partial charge >= 0.3 is 0 Å². The summed E-state index contributed by atoms with van der Waals surface area (Å²) in [5.41, 5.74) is 3.51. The summed E-state index contributed by atoms with van der Waals surface area (Å²) in [7, 11) is 0. The maximum absolute atomic E-state index is 9.08. The molecule has 0 saturated carbocycles. The second kappa shape index (κ2) is 18.5. The van der Waals surface area contributed by atoms with Gasteiger partial charge in [-0.3, -0.25) is 0 Å². The number of aliphatic hydroxyl groups excluding tert-OH is 1. The highest BCUT2D eigenvalue weighted by atomic mass is 35.5. The second-order valence-corrected chi connectivity index (χ2v) is 9.34. The molecule has 2 saturated heterocycles. The maximum atomic E-state index is 9.08. The Morgan fingerprint density at radius 2 is 1.00 bits per heavy atom. The lowest BCUT2D eigenvalue weighted by Crippen LogP contribution is -2.38. The van der Waals surface area contributed by atoms with E-state index in [1.165, 1.54) is 44.6 Å². The van der Waals surface area contributed by atoms with E-state index >= 15 is 0 Å². The topological polar surface area (TPSA) is 96.2 Å². The van der Waals surface area contributed by atoms with Crippen molar-refractivity contribution < 1.29 is 20.4 Å². The maximum Gasteiger partial charge on any atom is 0.115 e. The van der Waals surface area contributed by atoms with Gasteiger partial charge in [-0.1, -0.05) is 36.4 Å². The summed E-state index contributed by atoms with van der Waals surface area (Å²) >= 11 is 5.51. The quantitative estimate of drug-likeness (QED) is 0.285. The molecule has 0 bridgehead atoms.